The molecule has 0 heterocycles. The van der Waals surface area contributed by atoms with Crippen molar-refractivity contribution in [3.05, 3.63) is 28.8 Å². The Morgan fingerprint density at radius 2 is 1.27 bits per heavy atom. The van der Waals surface area contributed by atoms with Crippen LogP contribution in [0, 0.1) is 5.92 Å². The molecule has 0 fully saturated rings. The van der Waals surface area contributed by atoms with Crippen LogP contribution in [0.1, 0.15) is 78.1 Å². The Balaban J connectivity index is 3.55. The van der Waals surface area contributed by atoms with Gasteiger partial charge in [-0.1, -0.05) is 55.4 Å². The molecule has 0 saturated carbocycles. The fraction of sp³-hybridized carbons (Fsp3) is 0.684. The van der Waals surface area contributed by atoms with E-state index >= 15 is 0 Å². The molecule has 0 bridgehead atoms. The van der Waals surface area contributed by atoms with Gasteiger partial charge in [0.1, 0.15) is 5.75 Å². The van der Waals surface area contributed by atoms with Gasteiger partial charge in [0.25, 0.3) is 0 Å². The van der Waals surface area contributed by atoms with Crippen LogP contribution in [0.15, 0.2) is 12.1 Å². The average molecular weight is 307 g/mol. The first kappa shape index (κ1) is 19.0. The van der Waals surface area contributed by atoms with E-state index in [0.29, 0.717) is 5.75 Å². The van der Waals surface area contributed by atoms with Crippen molar-refractivity contribution in [3.8, 4) is 5.75 Å². The van der Waals surface area contributed by atoms with Gasteiger partial charge in [-0.15, -0.1) is 0 Å². The number of phenols is 1. The molecule has 1 aromatic carbocycles. The van der Waals surface area contributed by atoms with Crippen molar-refractivity contribution in [1.82, 2.24) is 0 Å². The highest BCUT2D eigenvalue weighted by Crippen LogP contribution is 2.41. The van der Waals surface area contributed by atoms with E-state index in [9.17, 15) is 10.2 Å². The van der Waals surface area contributed by atoms with Gasteiger partial charge in [-0.05, 0) is 45.6 Å². The van der Waals surface area contributed by atoms with E-state index in [1.165, 1.54) is 0 Å². The van der Waals surface area contributed by atoms with Crippen molar-refractivity contribution in [1.29, 1.82) is 0 Å². The van der Waals surface area contributed by atoms with Crippen molar-refractivity contribution in [2.45, 2.75) is 78.4 Å². The Morgan fingerprint density at radius 1 is 0.909 bits per heavy atom. The van der Waals surface area contributed by atoms with Gasteiger partial charge in [0, 0.05) is 0 Å². The molecule has 0 aliphatic rings. The van der Waals surface area contributed by atoms with Crippen LogP contribution in [0.3, 0.4) is 0 Å². The topological polar surface area (TPSA) is 66.5 Å². The molecule has 0 saturated heterocycles. The highest BCUT2D eigenvalue weighted by molar-refractivity contribution is 5.50. The second kappa shape index (κ2) is 6.21. The summed E-state index contributed by atoms with van der Waals surface area (Å²) in [5, 5.41) is 21.0. The van der Waals surface area contributed by atoms with Crippen molar-refractivity contribution < 1.29 is 10.2 Å². The number of aliphatic hydroxyl groups is 1. The van der Waals surface area contributed by atoms with E-state index in [2.05, 4.69) is 41.5 Å². The van der Waals surface area contributed by atoms with E-state index in [-0.39, 0.29) is 16.7 Å². The quantitative estimate of drug-likeness (QED) is 0.790. The van der Waals surface area contributed by atoms with Gasteiger partial charge in [0.2, 0.25) is 0 Å². The van der Waals surface area contributed by atoms with Crippen LogP contribution in [0.25, 0.3) is 0 Å². The molecular formula is C19H33NO2. The highest BCUT2D eigenvalue weighted by Gasteiger charge is 2.29. The molecule has 0 aliphatic heterocycles. The molecule has 0 radical (unpaired) electrons. The first-order valence-electron chi connectivity index (χ1n) is 8.08. The third kappa shape index (κ3) is 4.02. The van der Waals surface area contributed by atoms with E-state index in [4.69, 9.17) is 5.73 Å². The minimum atomic E-state index is -0.606. The SMILES string of the molecule is CC(C)[C@H](O)[C@H](N)c1cc(C(C)(C)C)c(O)c(C(C)(C)C)c1. The Hall–Kier alpha value is -1.06. The smallest absolute Gasteiger partial charge is 0.123 e. The summed E-state index contributed by atoms with van der Waals surface area (Å²) in [7, 11) is 0. The van der Waals surface area contributed by atoms with Gasteiger partial charge in [-0.3, -0.25) is 0 Å². The summed E-state index contributed by atoms with van der Waals surface area (Å²) in [6.45, 7) is 16.3. The molecule has 2 atom stereocenters. The van der Waals surface area contributed by atoms with Gasteiger partial charge in [-0.25, -0.2) is 0 Å². The zero-order valence-corrected chi connectivity index (χ0v) is 15.4. The Kier molecular flexibility index (Phi) is 5.36. The molecule has 1 rings (SSSR count). The Bertz CT molecular complexity index is 486. The molecule has 4 N–H and O–H groups in total. The van der Waals surface area contributed by atoms with Crippen LogP contribution < -0.4 is 5.73 Å². The van der Waals surface area contributed by atoms with Gasteiger partial charge >= 0.3 is 0 Å². The fourth-order valence-corrected chi connectivity index (χ4v) is 2.60. The van der Waals surface area contributed by atoms with E-state index in [1.807, 2.05) is 26.0 Å². The molecule has 0 spiro atoms. The first-order chi connectivity index (χ1) is 9.76. The van der Waals surface area contributed by atoms with Gasteiger partial charge in [0.05, 0.1) is 12.1 Å². The molecular weight excluding hydrogens is 274 g/mol. The summed E-state index contributed by atoms with van der Waals surface area (Å²) < 4.78 is 0. The second-order valence-electron chi connectivity index (χ2n) is 8.73. The van der Waals surface area contributed by atoms with Crippen molar-refractivity contribution in [2.24, 2.45) is 11.7 Å². The highest BCUT2D eigenvalue weighted by atomic mass is 16.3. The molecule has 126 valence electrons. The molecule has 0 aromatic heterocycles. The van der Waals surface area contributed by atoms with Crippen molar-refractivity contribution in [2.75, 3.05) is 0 Å². The maximum atomic E-state index is 10.7. The summed E-state index contributed by atoms with van der Waals surface area (Å²) in [6.07, 6.45) is -0.606. The maximum Gasteiger partial charge on any atom is 0.123 e. The monoisotopic (exact) mass is 307 g/mol. The zero-order chi connectivity index (χ0) is 17.5. The molecule has 22 heavy (non-hydrogen) atoms. The summed E-state index contributed by atoms with van der Waals surface area (Å²) in [5.74, 6) is 0.426. The molecule has 3 heteroatoms. The summed E-state index contributed by atoms with van der Waals surface area (Å²) in [6, 6.07) is 3.43. The van der Waals surface area contributed by atoms with E-state index in [0.717, 1.165) is 16.7 Å². The van der Waals surface area contributed by atoms with Crippen molar-refractivity contribution >= 4 is 0 Å². The normalized spacial score (nSPS) is 16.0. The molecule has 0 unspecified atom stereocenters. The maximum absolute atomic E-state index is 10.7. The number of benzene rings is 1. The van der Waals surface area contributed by atoms with Gasteiger partial charge < -0.3 is 15.9 Å². The molecule has 0 aliphatic carbocycles. The first-order valence-corrected chi connectivity index (χ1v) is 8.08. The Morgan fingerprint density at radius 3 is 1.55 bits per heavy atom. The summed E-state index contributed by atoms with van der Waals surface area (Å²) >= 11 is 0. The lowest BCUT2D eigenvalue weighted by Crippen LogP contribution is -2.31. The van der Waals surface area contributed by atoms with Crippen LogP contribution in [0.5, 0.6) is 5.75 Å². The van der Waals surface area contributed by atoms with E-state index in [1.54, 1.807) is 0 Å². The summed E-state index contributed by atoms with van der Waals surface area (Å²) in [4.78, 5) is 0. The number of nitrogens with two attached hydrogens (primary N) is 1. The van der Waals surface area contributed by atoms with Gasteiger partial charge in [-0.2, -0.15) is 0 Å². The lowest BCUT2D eigenvalue weighted by molar-refractivity contribution is 0.0978. The number of aliphatic hydroxyl groups excluding tert-OH is 1. The lowest BCUT2D eigenvalue weighted by atomic mass is 9.77. The number of hydrogen-bond donors (Lipinski definition) is 3. The van der Waals surface area contributed by atoms with Crippen LogP contribution in [0.4, 0.5) is 0 Å². The van der Waals surface area contributed by atoms with Crippen LogP contribution >= 0.6 is 0 Å². The zero-order valence-electron chi connectivity index (χ0n) is 15.4. The van der Waals surface area contributed by atoms with E-state index < -0.39 is 12.1 Å². The number of hydrogen-bond acceptors (Lipinski definition) is 3. The molecule has 3 nitrogen and oxygen atoms in total. The van der Waals surface area contributed by atoms with Gasteiger partial charge in [0.15, 0.2) is 0 Å². The third-order valence-corrected chi connectivity index (χ3v) is 4.18. The fourth-order valence-electron chi connectivity index (χ4n) is 2.60. The minimum Gasteiger partial charge on any atom is -0.507 e. The van der Waals surface area contributed by atoms with Crippen molar-refractivity contribution in [3.63, 3.8) is 0 Å². The van der Waals surface area contributed by atoms with Crippen LogP contribution in [0.2, 0.25) is 0 Å². The molecule has 0 amide bonds. The number of phenolic OH excluding ortho intramolecular Hbond substituents is 1. The number of rotatable bonds is 3. The minimum absolute atomic E-state index is 0.0833. The second-order valence-corrected chi connectivity index (χ2v) is 8.73. The number of aromatic hydroxyl groups is 1. The Labute approximate surface area is 135 Å². The average Bonchev–Trinajstić information content (AvgIpc) is 2.34. The lowest BCUT2D eigenvalue weighted by Gasteiger charge is -2.30. The molecule has 1 aromatic rings. The summed E-state index contributed by atoms with van der Waals surface area (Å²) in [5.41, 5.74) is 8.53. The predicted octanol–water partition coefficient (Wildman–Crippen LogP) is 4.00. The standard InChI is InChI=1S/C19H33NO2/c1-11(2)16(21)15(20)12-9-13(18(3,4)5)17(22)14(10-12)19(6,7)8/h9-11,15-16,21-22H,20H2,1-8H3/t15-,16+/m1/s1. The predicted molar refractivity (Wildman–Crippen MR) is 93.3 cm³/mol. The van der Waals surface area contributed by atoms with Crippen LogP contribution in [-0.2, 0) is 10.8 Å². The van der Waals surface area contributed by atoms with Crippen LogP contribution in [-0.4, -0.2) is 16.3 Å². The largest absolute Gasteiger partial charge is 0.507 e. The third-order valence-electron chi connectivity index (χ3n) is 4.18.